The zero-order chi connectivity index (χ0) is 13.3. The number of carbonyl (C=O) groups excluding carboxylic acids is 1. The second kappa shape index (κ2) is 7.93. The van der Waals surface area contributed by atoms with Gasteiger partial charge in [0.05, 0.1) is 12.8 Å². The van der Waals surface area contributed by atoms with Crippen LogP contribution in [0.25, 0.3) is 0 Å². The van der Waals surface area contributed by atoms with Crippen molar-refractivity contribution in [3.05, 3.63) is 34.4 Å². The Morgan fingerprint density at radius 2 is 2.24 bits per heavy atom. The summed E-state index contributed by atoms with van der Waals surface area (Å²) in [5.41, 5.74) is 0.253. The Bertz CT molecular complexity index is 354. The monoisotopic (exact) mass is 244 g/mol. The van der Waals surface area contributed by atoms with Crippen LogP contribution in [0.4, 0.5) is 0 Å². The molecule has 0 radical (unpaired) electrons. The first-order valence-electron chi connectivity index (χ1n) is 4.48. The van der Waals surface area contributed by atoms with Crippen molar-refractivity contribution in [2.24, 2.45) is 0 Å². The molecule has 0 spiro atoms. The van der Waals surface area contributed by atoms with Crippen molar-refractivity contribution in [3.63, 3.8) is 0 Å². The zero-order valence-electron chi connectivity index (χ0n) is 8.98. The van der Waals surface area contributed by atoms with Gasteiger partial charge in [-0.25, -0.2) is 4.98 Å². The van der Waals surface area contributed by atoms with Gasteiger partial charge >= 0.3 is 0 Å². The van der Waals surface area contributed by atoms with Crippen molar-refractivity contribution in [2.75, 3.05) is 6.61 Å². The van der Waals surface area contributed by atoms with Crippen LogP contribution < -0.4 is 5.32 Å². The average Bonchev–Trinajstić information content (AvgIpc) is 2.29. The second-order valence-electron chi connectivity index (χ2n) is 2.89. The molecule has 0 fully saturated rings. The van der Waals surface area contributed by atoms with Crippen molar-refractivity contribution in [1.82, 2.24) is 15.3 Å². The first kappa shape index (κ1) is 14.7. The third-order valence-electron chi connectivity index (χ3n) is 1.45. The maximum Gasteiger partial charge on any atom is 0.291 e. The van der Waals surface area contributed by atoms with Gasteiger partial charge in [0, 0.05) is 18.4 Å². The minimum atomic E-state index is -1.50. The molecule has 1 unspecified atom stereocenters. The summed E-state index contributed by atoms with van der Waals surface area (Å²) < 4.78 is 0. The third-order valence-corrected chi connectivity index (χ3v) is 1.45. The van der Waals surface area contributed by atoms with Crippen molar-refractivity contribution in [3.8, 4) is 0 Å². The van der Waals surface area contributed by atoms with E-state index in [4.69, 9.17) is 20.4 Å². The summed E-state index contributed by atoms with van der Waals surface area (Å²) >= 11 is 0. The van der Waals surface area contributed by atoms with Gasteiger partial charge in [-0.3, -0.25) is 9.78 Å². The van der Waals surface area contributed by atoms with Crippen molar-refractivity contribution < 1.29 is 20.2 Å². The van der Waals surface area contributed by atoms with Gasteiger partial charge in [0.2, 0.25) is 0 Å². The van der Waals surface area contributed by atoms with E-state index in [1.54, 1.807) is 6.92 Å². The highest BCUT2D eigenvalue weighted by molar-refractivity contribution is 5.92. The molecule has 1 rings (SSSR count). The van der Waals surface area contributed by atoms with E-state index in [9.17, 15) is 4.79 Å². The molecule has 0 aliphatic rings. The Morgan fingerprint density at radius 1 is 1.65 bits per heavy atom. The van der Waals surface area contributed by atoms with Crippen molar-refractivity contribution in [1.29, 1.82) is 0 Å². The van der Waals surface area contributed by atoms with E-state index in [0.29, 0.717) is 0 Å². The van der Waals surface area contributed by atoms with E-state index in [0.717, 1.165) is 0 Å². The molecule has 9 nitrogen and oxygen atoms in total. The number of aliphatic hydroxyl groups excluding tert-OH is 1. The molecule has 3 N–H and O–H groups in total. The van der Waals surface area contributed by atoms with Crippen LogP contribution in [0.2, 0.25) is 0 Å². The smallest absolute Gasteiger partial charge is 0.291 e. The summed E-state index contributed by atoms with van der Waals surface area (Å²) in [6, 6.07) is -0.269. The maximum absolute atomic E-state index is 11.3. The number of carbonyl (C=O) groups is 1. The summed E-state index contributed by atoms with van der Waals surface area (Å²) in [7, 11) is 0. The van der Waals surface area contributed by atoms with Crippen LogP contribution in [0.1, 0.15) is 17.4 Å². The van der Waals surface area contributed by atoms with Crippen LogP contribution in [0.15, 0.2) is 18.6 Å². The van der Waals surface area contributed by atoms with E-state index in [2.05, 4.69) is 15.3 Å². The number of aromatic nitrogens is 2. The summed E-state index contributed by atoms with van der Waals surface area (Å²) in [5.74, 6) is -0.324. The lowest BCUT2D eigenvalue weighted by molar-refractivity contribution is -0.742. The van der Waals surface area contributed by atoms with Gasteiger partial charge in [-0.15, -0.1) is 10.1 Å². The summed E-state index contributed by atoms with van der Waals surface area (Å²) in [5, 5.41) is 24.9. The van der Waals surface area contributed by atoms with Gasteiger partial charge in [-0.1, -0.05) is 0 Å². The number of nitrogens with zero attached hydrogens (tertiary/aromatic N) is 3. The Balaban J connectivity index is 0.000000557. The first-order valence-corrected chi connectivity index (χ1v) is 4.48. The molecule has 0 bridgehead atoms. The third kappa shape index (κ3) is 7.62. The van der Waals surface area contributed by atoms with E-state index in [1.165, 1.54) is 18.6 Å². The molecule has 1 amide bonds. The lowest BCUT2D eigenvalue weighted by Crippen LogP contribution is -2.35. The van der Waals surface area contributed by atoms with Crippen LogP contribution in [-0.2, 0) is 0 Å². The van der Waals surface area contributed by atoms with Gasteiger partial charge in [-0.2, -0.15) is 0 Å². The summed E-state index contributed by atoms with van der Waals surface area (Å²) in [4.78, 5) is 27.2. The van der Waals surface area contributed by atoms with Crippen LogP contribution in [0.5, 0.6) is 0 Å². The average molecular weight is 244 g/mol. The Morgan fingerprint density at radius 3 is 2.65 bits per heavy atom. The molecule has 1 atom stereocenters. The van der Waals surface area contributed by atoms with Crippen LogP contribution >= 0.6 is 0 Å². The summed E-state index contributed by atoms with van der Waals surface area (Å²) in [6.45, 7) is 1.61. The number of nitrogens with one attached hydrogen (secondary N) is 1. The Labute approximate surface area is 96.2 Å². The summed E-state index contributed by atoms with van der Waals surface area (Å²) in [6.07, 6.45) is 4.31. The van der Waals surface area contributed by atoms with Gasteiger partial charge in [-0.05, 0) is 6.92 Å². The Hall–Kier alpha value is -2.29. The number of aliphatic hydroxyl groups is 1. The quantitative estimate of drug-likeness (QED) is 0.469. The topological polar surface area (TPSA) is 138 Å². The van der Waals surface area contributed by atoms with Crippen LogP contribution in [0.3, 0.4) is 0 Å². The fraction of sp³-hybridized carbons (Fsp3) is 0.375. The van der Waals surface area contributed by atoms with E-state index in [-0.39, 0.29) is 24.2 Å². The highest BCUT2D eigenvalue weighted by atomic mass is 16.9. The fourth-order valence-electron chi connectivity index (χ4n) is 0.760. The van der Waals surface area contributed by atoms with Gasteiger partial charge in [0.1, 0.15) is 5.69 Å². The van der Waals surface area contributed by atoms with E-state index in [1.807, 2.05) is 0 Å². The lowest BCUT2D eigenvalue weighted by Gasteiger charge is -2.09. The molecular formula is C8H12N4O5. The molecule has 17 heavy (non-hydrogen) atoms. The zero-order valence-corrected chi connectivity index (χ0v) is 8.98. The molecule has 1 heterocycles. The van der Waals surface area contributed by atoms with Gasteiger partial charge in [0.25, 0.3) is 11.0 Å². The highest BCUT2D eigenvalue weighted by Gasteiger charge is 2.09. The minimum absolute atomic E-state index is 0.0913. The van der Waals surface area contributed by atoms with Crippen molar-refractivity contribution >= 4 is 5.91 Å². The number of hydrogen-bond donors (Lipinski definition) is 3. The first-order chi connectivity index (χ1) is 7.97. The number of rotatable bonds is 3. The molecule has 9 heteroatoms. The molecule has 94 valence electrons. The molecule has 1 aromatic rings. The second-order valence-corrected chi connectivity index (χ2v) is 2.89. The lowest BCUT2D eigenvalue weighted by atomic mass is 10.3. The maximum atomic E-state index is 11.3. The van der Waals surface area contributed by atoms with Crippen LogP contribution in [0, 0.1) is 10.1 Å². The van der Waals surface area contributed by atoms with Crippen molar-refractivity contribution in [2.45, 2.75) is 13.0 Å². The highest BCUT2D eigenvalue weighted by Crippen LogP contribution is 1.90. The molecule has 0 saturated carbocycles. The normalized spacial score (nSPS) is 10.7. The molecule has 0 aliphatic heterocycles. The predicted octanol–water partition coefficient (Wildman–Crippen LogP) is -0.761. The number of amides is 1. The van der Waals surface area contributed by atoms with Crippen LogP contribution in [-0.4, -0.2) is 43.9 Å². The molecule has 0 aromatic carbocycles. The van der Waals surface area contributed by atoms with E-state index < -0.39 is 5.09 Å². The molecule has 0 saturated heterocycles. The molecule has 0 aliphatic carbocycles. The minimum Gasteiger partial charge on any atom is -0.394 e. The fourth-order valence-corrected chi connectivity index (χ4v) is 0.760. The standard InChI is InChI=1S/C8H11N3O2.HNO3/c1-6(5-12)11-8(13)7-4-9-2-3-10-7;2-1(3)4/h2-4,6,12H,5H2,1H3,(H,11,13);(H,2,3,4). The molecule has 1 aromatic heterocycles. The van der Waals surface area contributed by atoms with E-state index >= 15 is 0 Å². The van der Waals surface area contributed by atoms with Gasteiger partial charge in [0.15, 0.2) is 0 Å². The SMILES string of the molecule is CC(CO)NC(=O)c1cnccn1.O=[N+]([O-])O. The largest absolute Gasteiger partial charge is 0.394 e. The predicted molar refractivity (Wildman–Crippen MR) is 54.8 cm³/mol. The van der Waals surface area contributed by atoms with Gasteiger partial charge < -0.3 is 15.6 Å². The molecular weight excluding hydrogens is 232 g/mol. The Kier molecular flexibility index (Phi) is 6.86. The number of hydrogen-bond acceptors (Lipinski definition) is 6.